The van der Waals surface area contributed by atoms with Crippen molar-refractivity contribution >= 4 is 28.1 Å². The van der Waals surface area contributed by atoms with Gasteiger partial charge in [0.05, 0.1) is 42.4 Å². The molecule has 8 nitrogen and oxygen atoms in total. The van der Waals surface area contributed by atoms with Crippen LogP contribution in [-0.2, 0) is 4.74 Å². The minimum absolute atomic E-state index is 0.271. The highest BCUT2D eigenvalue weighted by Crippen LogP contribution is 2.28. The molecule has 1 aliphatic heterocycles. The Morgan fingerprint density at radius 1 is 1.09 bits per heavy atom. The minimum atomic E-state index is -0.271. The predicted molar refractivity (Wildman–Crippen MR) is 123 cm³/mol. The summed E-state index contributed by atoms with van der Waals surface area (Å²) in [6.45, 7) is 3.19. The molecule has 3 heterocycles. The topological polar surface area (TPSA) is 107 Å². The summed E-state index contributed by atoms with van der Waals surface area (Å²) in [4.78, 5) is 26.5. The lowest BCUT2D eigenvalue weighted by atomic mass is 10.1. The molecule has 0 spiro atoms. The second-order valence-corrected chi connectivity index (χ2v) is 7.45. The summed E-state index contributed by atoms with van der Waals surface area (Å²) in [5.41, 5.74) is 4.12. The lowest BCUT2D eigenvalue weighted by Crippen LogP contribution is -2.36. The zero-order valence-electron chi connectivity index (χ0n) is 17.2. The van der Waals surface area contributed by atoms with E-state index >= 15 is 0 Å². The maximum atomic E-state index is 12.6. The highest BCUT2D eigenvalue weighted by atomic mass is 16.5. The number of nitrogens with one attached hydrogen (secondary N) is 2. The molecule has 1 saturated heterocycles. The van der Waals surface area contributed by atoms with Crippen LogP contribution in [0.1, 0.15) is 5.56 Å². The van der Waals surface area contributed by atoms with Crippen LogP contribution in [0, 0.1) is 11.3 Å². The van der Waals surface area contributed by atoms with Gasteiger partial charge in [0.1, 0.15) is 11.2 Å². The zero-order chi connectivity index (χ0) is 21.9. The van der Waals surface area contributed by atoms with Gasteiger partial charge in [-0.1, -0.05) is 12.1 Å². The summed E-state index contributed by atoms with van der Waals surface area (Å²) in [6.07, 6.45) is 1.38. The second kappa shape index (κ2) is 8.49. The van der Waals surface area contributed by atoms with E-state index in [9.17, 15) is 10.1 Å². The van der Waals surface area contributed by atoms with Crippen LogP contribution in [0.15, 0.2) is 65.7 Å². The highest BCUT2D eigenvalue weighted by molar-refractivity contribution is 5.92. The molecule has 8 heteroatoms. The number of aromatic nitrogens is 3. The normalized spacial score (nSPS) is 13.7. The van der Waals surface area contributed by atoms with Gasteiger partial charge >= 0.3 is 0 Å². The van der Waals surface area contributed by atoms with Gasteiger partial charge in [0, 0.05) is 30.0 Å². The van der Waals surface area contributed by atoms with Crippen LogP contribution in [0.2, 0.25) is 0 Å². The number of hydrogen-bond acceptors (Lipinski definition) is 7. The van der Waals surface area contributed by atoms with Gasteiger partial charge in [-0.2, -0.15) is 5.26 Å². The van der Waals surface area contributed by atoms with Crippen LogP contribution in [0.5, 0.6) is 0 Å². The Kier molecular flexibility index (Phi) is 5.24. The zero-order valence-corrected chi connectivity index (χ0v) is 17.2. The number of morpholine rings is 1. The second-order valence-electron chi connectivity index (χ2n) is 7.45. The monoisotopic (exact) mass is 424 g/mol. The number of aromatic amines is 1. The number of ether oxygens (including phenoxy) is 1. The van der Waals surface area contributed by atoms with E-state index in [4.69, 9.17) is 9.72 Å². The van der Waals surface area contributed by atoms with Crippen molar-refractivity contribution in [3.63, 3.8) is 0 Å². The Bertz CT molecular complexity index is 1370. The summed E-state index contributed by atoms with van der Waals surface area (Å²) in [7, 11) is 0. The molecule has 2 aromatic heterocycles. The van der Waals surface area contributed by atoms with Crippen molar-refractivity contribution in [1.29, 1.82) is 5.26 Å². The highest BCUT2D eigenvalue weighted by Gasteiger charge is 2.14. The van der Waals surface area contributed by atoms with Crippen molar-refractivity contribution in [2.45, 2.75) is 0 Å². The summed E-state index contributed by atoms with van der Waals surface area (Å²) in [5, 5.41) is 12.9. The van der Waals surface area contributed by atoms with Crippen molar-refractivity contribution in [2.75, 3.05) is 36.5 Å². The van der Waals surface area contributed by atoms with Crippen molar-refractivity contribution in [3.8, 4) is 17.3 Å². The molecule has 2 N–H and O–H groups in total. The van der Waals surface area contributed by atoms with Gasteiger partial charge in [-0.15, -0.1) is 0 Å². The quantitative estimate of drug-likeness (QED) is 0.517. The number of rotatable bonds is 4. The molecule has 32 heavy (non-hydrogen) atoms. The first kappa shape index (κ1) is 19.7. The van der Waals surface area contributed by atoms with Gasteiger partial charge in [0.25, 0.3) is 5.56 Å². The van der Waals surface area contributed by atoms with Crippen molar-refractivity contribution in [3.05, 3.63) is 76.8 Å². The van der Waals surface area contributed by atoms with E-state index in [0.717, 1.165) is 43.2 Å². The molecule has 2 aromatic carbocycles. The molecule has 5 rings (SSSR count). The van der Waals surface area contributed by atoms with Gasteiger partial charge in [-0.25, -0.2) is 9.97 Å². The Morgan fingerprint density at radius 3 is 2.69 bits per heavy atom. The van der Waals surface area contributed by atoms with Gasteiger partial charge in [-0.3, -0.25) is 4.79 Å². The van der Waals surface area contributed by atoms with Crippen molar-refractivity contribution in [1.82, 2.24) is 15.0 Å². The molecule has 0 radical (unpaired) electrons. The average Bonchev–Trinajstić information content (AvgIpc) is 2.85. The molecule has 0 atom stereocenters. The number of H-pyrrole nitrogens is 1. The van der Waals surface area contributed by atoms with Crippen LogP contribution in [-0.4, -0.2) is 41.3 Å². The summed E-state index contributed by atoms with van der Waals surface area (Å²) in [5.74, 6) is 0.410. The molecule has 1 fully saturated rings. The molecule has 0 bridgehead atoms. The fourth-order valence-electron chi connectivity index (χ4n) is 3.79. The number of benzene rings is 2. The van der Waals surface area contributed by atoms with Gasteiger partial charge in [-0.05, 0) is 42.5 Å². The van der Waals surface area contributed by atoms with Crippen LogP contribution in [0.25, 0.3) is 22.2 Å². The van der Waals surface area contributed by atoms with Crippen LogP contribution in [0.3, 0.4) is 0 Å². The van der Waals surface area contributed by atoms with E-state index in [2.05, 4.69) is 26.3 Å². The Hall–Kier alpha value is -4.22. The molecule has 0 aliphatic carbocycles. The fourth-order valence-corrected chi connectivity index (χ4v) is 3.79. The smallest absolute Gasteiger partial charge is 0.262 e. The van der Waals surface area contributed by atoms with Gasteiger partial charge < -0.3 is 19.9 Å². The van der Waals surface area contributed by atoms with E-state index in [1.165, 1.54) is 6.33 Å². The molecule has 0 saturated carbocycles. The Morgan fingerprint density at radius 2 is 1.91 bits per heavy atom. The third-order valence-corrected chi connectivity index (χ3v) is 5.42. The number of nitrogens with zero attached hydrogens (tertiary/aromatic N) is 4. The van der Waals surface area contributed by atoms with Gasteiger partial charge in [0.15, 0.2) is 0 Å². The van der Waals surface area contributed by atoms with E-state index in [0.29, 0.717) is 28.0 Å². The third kappa shape index (κ3) is 3.89. The molecule has 0 unspecified atom stereocenters. The van der Waals surface area contributed by atoms with Crippen LogP contribution >= 0.6 is 0 Å². The Balaban J connectivity index is 1.53. The lowest BCUT2D eigenvalue weighted by molar-refractivity contribution is 0.122. The largest absolute Gasteiger partial charge is 0.378 e. The maximum Gasteiger partial charge on any atom is 0.262 e. The predicted octanol–water partition coefficient (Wildman–Crippen LogP) is 3.44. The summed E-state index contributed by atoms with van der Waals surface area (Å²) >= 11 is 0. The summed E-state index contributed by atoms with van der Waals surface area (Å²) in [6, 6.07) is 19.1. The summed E-state index contributed by atoms with van der Waals surface area (Å²) < 4.78 is 5.42. The number of pyridine rings is 1. The standard InChI is InChI=1S/C24H20N6O2/c25-14-16-2-1-3-17(12-16)20-13-21-22(24(31)27-15-26-21)23(29-20)28-18-4-6-19(7-5-18)30-8-10-32-11-9-30/h1-7,12-13,15H,8-11H2,(H,28,29)(H,26,27,31). The first-order valence-corrected chi connectivity index (χ1v) is 10.3. The van der Waals surface area contributed by atoms with Crippen molar-refractivity contribution < 1.29 is 4.74 Å². The molecule has 1 aliphatic rings. The lowest BCUT2D eigenvalue weighted by Gasteiger charge is -2.28. The van der Waals surface area contributed by atoms with Gasteiger partial charge in [0.2, 0.25) is 0 Å². The molecule has 4 aromatic rings. The molecule has 0 amide bonds. The Labute approximate surface area is 184 Å². The first-order valence-electron chi connectivity index (χ1n) is 10.3. The first-order chi connectivity index (χ1) is 15.7. The van der Waals surface area contributed by atoms with E-state index < -0.39 is 0 Å². The molecule has 158 valence electrons. The third-order valence-electron chi connectivity index (χ3n) is 5.42. The van der Waals surface area contributed by atoms with Crippen molar-refractivity contribution in [2.24, 2.45) is 0 Å². The SMILES string of the molecule is N#Cc1cccc(-c2cc3nc[nH]c(=O)c3c(Nc3ccc(N4CCOCC4)cc3)n2)c1. The maximum absolute atomic E-state index is 12.6. The molecular formula is C24H20N6O2. The molecular weight excluding hydrogens is 404 g/mol. The van der Waals surface area contributed by atoms with Crippen LogP contribution < -0.4 is 15.8 Å². The van der Waals surface area contributed by atoms with E-state index in [1.807, 2.05) is 36.4 Å². The van der Waals surface area contributed by atoms with Crippen LogP contribution in [0.4, 0.5) is 17.2 Å². The number of fused-ring (bicyclic) bond motifs is 1. The number of anilines is 3. The van der Waals surface area contributed by atoms with E-state index in [1.54, 1.807) is 18.2 Å². The number of hydrogen-bond donors (Lipinski definition) is 2. The average molecular weight is 424 g/mol. The number of nitriles is 1. The minimum Gasteiger partial charge on any atom is -0.378 e. The van der Waals surface area contributed by atoms with E-state index in [-0.39, 0.29) is 5.56 Å². The fraction of sp³-hybridized carbons (Fsp3) is 0.167.